The van der Waals surface area contributed by atoms with Crippen LogP contribution in [-0.4, -0.2) is 11.9 Å². The van der Waals surface area contributed by atoms with Crippen molar-refractivity contribution in [2.24, 2.45) is 0 Å². The molecule has 3 rings (SSSR count). The molecule has 0 bridgehead atoms. The minimum absolute atomic E-state index is 0.0309. The van der Waals surface area contributed by atoms with Crippen molar-refractivity contribution >= 4 is 27.5 Å². The average Bonchev–Trinajstić information content (AvgIpc) is 3.01. The molecule has 0 radical (unpaired) electrons. The fourth-order valence-corrected chi connectivity index (χ4v) is 3.28. The van der Waals surface area contributed by atoms with Gasteiger partial charge in [-0.2, -0.15) is 0 Å². The minimum Gasteiger partial charge on any atom is -0.324 e. The number of nitrogens with one attached hydrogen (secondary N) is 3. The lowest BCUT2D eigenvalue weighted by Crippen LogP contribution is -2.39. The summed E-state index contributed by atoms with van der Waals surface area (Å²) in [5.74, 6) is -0.0309. The van der Waals surface area contributed by atoms with E-state index in [0.717, 1.165) is 22.1 Å². The fraction of sp³-hybridized carbons (Fsp3) is 0.278. The topological polar surface area (TPSA) is 53.2 Å². The van der Waals surface area contributed by atoms with Gasteiger partial charge in [0.15, 0.2) is 0 Å². The molecular weight excluding hydrogens is 354 g/mol. The van der Waals surface area contributed by atoms with E-state index in [1.165, 1.54) is 11.1 Å². The second-order valence-electron chi connectivity index (χ2n) is 6.01. The largest absolute Gasteiger partial charge is 0.324 e. The predicted molar refractivity (Wildman–Crippen MR) is 96.1 cm³/mol. The van der Waals surface area contributed by atoms with Gasteiger partial charge in [0.05, 0.1) is 5.69 Å². The van der Waals surface area contributed by atoms with Crippen LogP contribution in [0.25, 0.3) is 0 Å². The van der Waals surface area contributed by atoms with Gasteiger partial charge in [-0.05, 0) is 59.5 Å². The van der Waals surface area contributed by atoms with Gasteiger partial charge in [-0.15, -0.1) is 0 Å². The first-order valence-electron chi connectivity index (χ1n) is 7.67. The molecule has 4 nitrogen and oxygen atoms in total. The van der Waals surface area contributed by atoms with Crippen molar-refractivity contribution in [2.45, 2.75) is 32.4 Å². The Morgan fingerprint density at radius 1 is 1.09 bits per heavy atom. The lowest BCUT2D eigenvalue weighted by atomic mass is 10.0. The number of benzene rings is 2. The van der Waals surface area contributed by atoms with Crippen LogP contribution in [-0.2, 0) is 4.79 Å². The zero-order valence-electron chi connectivity index (χ0n) is 13.2. The number of aryl methyl sites for hydroxylation is 2. The Balaban J connectivity index is 1.64. The van der Waals surface area contributed by atoms with Crippen molar-refractivity contribution in [3.8, 4) is 0 Å². The molecule has 2 aromatic carbocycles. The van der Waals surface area contributed by atoms with E-state index in [1.54, 1.807) is 0 Å². The number of amides is 1. The average molecular weight is 374 g/mol. The molecule has 23 heavy (non-hydrogen) atoms. The molecule has 0 spiro atoms. The lowest BCUT2D eigenvalue weighted by Gasteiger charge is -2.12. The maximum Gasteiger partial charge on any atom is 0.242 e. The zero-order chi connectivity index (χ0) is 16.4. The standard InChI is InChI=1S/C18H20BrN3O/c1-11-3-6-13(7-4-11)16-10-17(22-21-16)18(23)20-15-8-5-12(2)9-14(15)19/h3-9,16-17,21-22H,10H2,1-2H3,(H,20,23). The van der Waals surface area contributed by atoms with Gasteiger partial charge in [0.2, 0.25) is 5.91 Å². The van der Waals surface area contributed by atoms with E-state index in [-0.39, 0.29) is 18.0 Å². The third-order valence-corrected chi connectivity index (χ3v) is 4.74. The van der Waals surface area contributed by atoms with Crippen LogP contribution < -0.4 is 16.2 Å². The third-order valence-electron chi connectivity index (χ3n) is 4.08. The molecule has 5 heteroatoms. The van der Waals surface area contributed by atoms with Crippen molar-refractivity contribution < 1.29 is 4.79 Å². The van der Waals surface area contributed by atoms with Gasteiger partial charge in [0, 0.05) is 10.5 Å². The van der Waals surface area contributed by atoms with Crippen LogP contribution >= 0.6 is 15.9 Å². The highest BCUT2D eigenvalue weighted by molar-refractivity contribution is 9.10. The lowest BCUT2D eigenvalue weighted by molar-refractivity contribution is -0.117. The van der Waals surface area contributed by atoms with E-state index < -0.39 is 0 Å². The molecule has 1 saturated heterocycles. The summed E-state index contributed by atoms with van der Waals surface area (Å²) in [6, 6.07) is 14.2. The van der Waals surface area contributed by atoms with Gasteiger partial charge < -0.3 is 5.32 Å². The number of hydrazine groups is 1. The molecule has 1 aliphatic rings. The first kappa shape index (κ1) is 16.2. The van der Waals surface area contributed by atoms with E-state index >= 15 is 0 Å². The van der Waals surface area contributed by atoms with Gasteiger partial charge in [-0.25, -0.2) is 10.9 Å². The normalized spacial score (nSPS) is 20.5. The molecular formula is C18H20BrN3O. The number of anilines is 1. The second kappa shape index (κ2) is 6.83. The van der Waals surface area contributed by atoms with Crippen LogP contribution in [0.4, 0.5) is 5.69 Å². The van der Waals surface area contributed by atoms with Crippen molar-refractivity contribution in [3.05, 3.63) is 63.6 Å². The summed E-state index contributed by atoms with van der Waals surface area (Å²) in [6.07, 6.45) is 0.721. The van der Waals surface area contributed by atoms with Crippen LogP contribution in [0.15, 0.2) is 46.9 Å². The first-order valence-corrected chi connectivity index (χ1v) is 8.47. The Hall–Kier alpha value is -1.69. The SMILES string of the molecule is Cc1ccc(C2CC(C(=O)Nc3ccc(C)cc3Br)NN2)cc1. The summed E-state index contributed by atoms with van der Waals surface area (Å²) < 4.78 is 0.895. The van der Waals surface area contributed by atoms with Crippen molar-refractivity contribution in [3.63, 3.8) is 0 Å². The number of carbonyl (C=O) groups is 1. The Bertz CT molecular complexity index is 715. The molecule has 2 aromatic rings. The Morgan fingerprint density at radius 3 is 2.48 bits per heavy atom. The Labute approximate surface area is 144 Å². The van der Waals surface area contributed by atoms with E-state index in [1.807, 2.05) is 25.1 Å². The molecule has 0 saturated carbocycles. The Kier molecular flexibility index (Phi) is 4.80. The minimum atomic E-state index is -0.255. The van der Waals surface area contributed by atoms with E-state index in [4.69, 9.17) is 0 Å². The first-order chi connectivity index (χ1) is 11.0. The van der Waals surface area contributed by atoms with Crippen LogP contribution in [0.1, 0.15) is 29.2 Å². The van der Waals surface area contributed by atoms with Crippen LogP contribution in [0.5, 0.6) is 0 Å². The number of hydrogen-bond donors (Lipinski definition) is 3. The van der Waals surface area contributed by atoms with Gasteiger partial charge in [-0.3, -0.25) is 4.79 Å². The molecule has 1 heterocycles. The summed E-state index contributed by atoms with van der Waals surface area (Å²) in [7, 11) is 0. The van der Waals surface area contributed by atoms with Gasteiger partial charge in [0.1, 0.15) is 6.04 Å². The van der Waals surface area contributed by atoms with E-state index in [2.05, 4.69) is 63.3 Å². The number of hydrogen-bond acceptors (Lipinski definition) is 3. The highest BCUT2D eigenvalue weighted by atomic mass is 79.9. The number of carbonyl (C=O) groups excluding carboxylic acids is 1. The summed E-state index contributed by atoms with van der Waals surface area (Å²) in [6.45, 7) is 4.09. The molecule has 1 aliphatic heterocycles. The number of rotatable bonds is 3. The van der Waals surface area contributed by atoms with Gasteiger partial charge in [-0.1, -0.05) is 35.9 Å². The highest BCUT2D eigenvalue weighted by Gasteiger charge is 2.30. The maximum absolute atomic E-state index is 12.4. The molecule has 2 atom stereocenters. The van der Waals surface area contributed by atoms with Crippen molar-refractivity contribution in [1.29, 1.82) is 0 Å². The molecule has 120 valence electrons. The van der Waals surface area contributed by atoms with Gasteiger partial charge in [0.25, 0.3) is 0 Å². The predicted octanol–water partition coefficient (Wildman–Crippen LogP) is 3.61. The van der Waals surface area contributed by atoms with E-state index in [0.29, 0.717) is 0 Å². The molecule has 1 amide bonds. The molecule has 2 unspecified atom stereocenters. The Morgan fingerprint density at radius 2 is 1.78 bits per heavy atom. The summed E-state index contributed by atoms with van der Waals surface area (Å²) in [5.41, 5.74) is 10.7. The van der Waals surface area contributed by atoms with Crippen molar-refractivity contribution in [1.82, 2.24) is 10.9 Å². The van der Waals surface area contributed by atoms with Crippen LogP contribution in [0, 0.1) is 13.8 Å². The number of halogens is 1. The van der Waals surface area contributed by atoms with Gasteiger partial charge >= 0.3 is 0 Å². The van der Waals surface area contributed by atoms with Crippen molar-refractivity contribution in [2.75, 3.05) is 5.32 Å². The molecule has 0 aliphatic carbocycles. The zero-order valence-corrected chi connectivity index (χ0v) is 14.8. The summed E-state index contributed by atoms with van der Waals surface area (Å²) in [5, 5.41) is 2.97. The monoisotopic (exact) mass is 373 g/mol. The molecule has 3 N–H and O–H groups in total. The second-order valence-corrected chi connectivity index (χ2v) is 6.87. The fourth-order valence-electron chi connectivity index (χ4n) is 2.69. The quantitative estimate of drug-likeness (QED) is 0.769. The smallest absolute Gasteiger partial charge is 0.242 e. The maximum atomic E-state index is 12.4. The van der Waals surface area contributed by atoms with Crippen LogP contribution in [0.3, 0.4) is 0 Å². The van der Waals surface area contributed by atoms with Crippen LogP contribution in [0.2, 0.25) is 0 Å². The third kappa shape index (κ3) is 3.80. The highest BCUT2D eigenvalue weighted by Crippen LogP contribution is 2.26. The summed E-state index contributed by atoms with van der Waals surface area (Å²) >= 11 is 3.49. The molecule has 0 aromatic heterocycles. The van der Waals surface area contributed by atoms with E-state index in [9.17, 15) is 4.79 Å². The molecule has 1 fully saturated rings. The summed E-state index contributed by atoms with van der Waals surface area (Å²) in [4.78, 5) is 12.4.